The summed E-state index contributed by atoms with van der Waals surface area (Å²) in [5.74, 6) is 0.887. The van der Waals surface area contributed by atoms with Gasteiger partial charge in [0.15, 0.2) is 0 Å². The molecule has 0 saturated heterocycles. The molecule has 5 nitrogen and oxygen atoms in total. The second kappa shape index (κ2) is 5.34. The van der Waals surface area contributed by atoms with Crippen LogP contribution in [0.2, 0.25) is 0 Å². The first-order chi connectivity index (χ1) is 8.29. The van der Waals surface area contributed by atoms with E-state index in [2.05, 4.69) is 15.1 Å². The third-order valence-corrected chi connectivity index (χ3v) is 2.24. The molecule has 17 heavy (non-hydrogen) atoms. The topological polar surface area (TPSA) is 68.9 Å². The molecule has 0 N–H and O–H groups in total. The van der Waals surface area contributed by atoms with Crippen LogP contribution in [-0.2, 0) is 11.2 Å². The molecule has 0 aliphatic carbocycles. The minimum atomic E-state index is 0.115. The van der Waals surface area contributed by atoms with Crippen LogP contribution in [-0.4, -0.2) is 20.9 Å². The first kappa shape index (κ1) is 11.4. The van der Waals surface area contributed by atoms with Crippen LogP contribution in [0.4, 0.5) is 0 Å². The maximum atomic E-state index is 11.4. The van der Waals surface area contributed by atoms with Gasteiger partial charge in [0, 0.05) is 12.6 Å². The van der Waals surface area contributed by atoms with E-state index in [0.717, 1.165) is 6.42 Å². The van der Waals surface area contributed by atoms with E-state index in [9.17, 15) is 4.79 Å². The summed E-state index contributed by atoms with van der Waals surface area (Å²) >= 11 is 0. The second-order valence-corrected chi connectivity index (χ2v) is 3.69. The standard InChI is InChI=1S/C12H13N3O2/c1-2-5-9(16)8-11-14-12(15-17-11)10-6-3-4-7-13-10/h3-4,6-7H,2,5,8H2,1H3. The van der Waals surface area contributed by atoms with Crippen LogP contribution in [0, 0.1) is 0 Å². The average molecular weight is 231 g/mol. The fourth-order valence-electron chi connectivity index (χ4n) is 1.46. The zero-order valence-electron chi connectivity index (χ0n) is 9.59. The zero-order valence-corrected chi connectivity index (χ0v) is 9.59. The summed E-state index contributed by atoms with van der Waals surface area (Å²) in [7, 11) is 0. The molecule has 0 saturated carbocycles. The van der Waals surface area contributed by atoms with Gasteiger partial charge >= 0.3 is 0 Å². The van der Waals surface area contributed by atoms with E-state index >= 15 is 0 Å². The Morgan fingerprint density at radius 3 is 3.00 bits per heavy atom. The Kier molecular flexibility index (Phi) is 3.59. The number of pyridine rings is 1. The lowest BCUT2D eigenvalue weighted by Gasteiger charge is -1.92. The molecule has 2 aromatic heterocycles. The minimum Gasteiger partial charge on any atom is -0.338 e. The van der Waals surface area contributed by atoms with Gasteiger partial charge in [-0.15, -0.1) is 0 Å². The van der Waals surface area contributed by atoms with E-state index in [1.807, 2.05) is 19.1 Å². The molecular weight excluding hydrogens is 218 g/mol. The first-order valence-corrected chi connectivity index (χ1v) is 5.55. The number of rotatable bonds is 5. The van der Waals surface area contributed by atoms with Gasteiger partial charge in [-0.05, 0) is 18.6 Å². The molecular formula is C12H13N3O2. The number of carbonyl (C=O) groups excluding carboxylic acids is 1. The molecule has 88 valence electrons. The Hall–Kier alpha value is -2.04. The molecule has 2 rings (SSSR count). The predicted octanol–water partition coefficient (Wildman–Crippen LogP) is 2.04. The SMILES string of the molecule is CCCC(=O)Cc1nc(-c2ccccn2)no1. The Bertz CT molecular complexity index is 493. The van der Waals surface area contributed by atoms with Crippen LogP contribution in [0.1, 0.15) is 25.7 Å². The van der Waals surface area contributed by atoms with Crippen molar-refractivity contribution in [2.45, 2.75) is 26.2 Å². The molecule has 5 heteroatoms. The molecule has 0 atom stereocenters. The fourth-order valence-corrected chi connectivity index (χ4v) is 1.46. The maximum absolute atomic E-state index is 11.4. The summed E-state index contributed by atoms with van der Waals surface area (Å²) in [6.45, 7) is 1.96. The van der Waals surface area contributed by atoms with Gasteiger partial charge in [0.25, 0.3) is 0 Å². The molecule has 0 aliphatic rings. The normalized spacial score (nSPS) is 10.4. The van der Waals surface area contributed by atoms with Crippen LogP contribution in [0.3, 0.4) is 0 Å². The number of Topliss-reactive ketones (excluding diaryl/α,β-unsaturated/α-hetero) is 1. The molecule has 2 heterocycles. The van der Waals surface area contributed by atoms with E-state index in [0.29, 0.717) is 23.8 Å². The van der Waals surface area contributed by atoms with Gasteiger partial charge in [0.1, 0.15) is 11.5 Å². The predicted molar refractivity (Wildman–Crippen MR) is 61.1 cm³/mol. The fraction of sp³-hybridized carbons (Fsp3) is 0.333. The van der Waals surface area contributed by atoms with Gasteiger partial charge < -0.3 is 4.52 Å². The number of carbonyl (C=O) groups is 1. The highest BCUT2D eigenvalue weighted by Gasteiger charge is 2.12. The average Bonchev–Trinajstić information content (AvgIpc) is 2.79. The lowest BCUT2D eigenvalue weighted by atomic mass is 10.2. The van der Waals surface area contributed by atoms with E-state index in [1.165, 1.54) is 0 Å². The number of ketones is 1. The smallest absolute Gasteiger partial charge is 0.234 e. The maximum Gasteiger partial charge on any atom is 0.234 e. The lowest BCUT2D eigenvalue weighted by molar-refractivity contribution is -0.118. The largest absolute Gasteiger partial charge is 0.338 e. The van der Waals surface area contributed by atoms with Crippen LogP contribution >= 0.6 is 0 Å². The molecule has 0 aromatic carbocycles. The van der Waals surface area contributed by atoms with Crippen LogP contribution < -0.4 is 0 Å². The lowest BCUT2D eigenvalue weighted by Crippen LogP contribution is -2.01. The summed E-state index contributed by atoms with van der Waals surface area (Å²) in [6, 6.07) is 5.46. The number of nitrogens with zero attached hydrogens (tertiary/aromatic N) is 3. The van der Waals surface area contributed by atoms with Crippen molar-refractivity contribution in [2.24, 2.45) is 0 Å². The third kappa shape index (κ3) is 2.96. The van der Waals surface area contributed by atoms with Crippen LogP contribution in [0.25, 0.3) is 11.5 Å². The van der Waals surface area contributed by atoms with Crippen molar-refractivity contribution in [1.82, 2.24) is 15.1 Å². The molecule has 0 bridgehead atoms. The third-order valence-electron chi connectivity index (χ3n) is 2.24. The van der Waals surface area contributed by atoms with Gasteiger partial charge in [-0.25, -0.2) is 0 Å². The summed E-state index contributed by atoms with van der Waals surface area (Å²) < 4.78 is 5.01. The minimum absolute atomic E-state index is 0.115. The van der Waals surface area contributed by atoms with Crippen molar-refractivity contribution in [3.8, 4) is 11.5 Å². The van der Waals surface area contributed by atoms with Crippen molar-refractivity contribution < 1.29 is 9.32 Å². The van der Waals surface area contributed by atoms with Crippen molar-refractivity contribution >= 4 is 5.78 Å². The van der Waals surface area contributed by atoms with Gasteiger partial charge in [-0.1, -0.05) is 18.1 Å². The van der Waals surface area contributed by atoms with Gasteiger partial charge in [-0.3, -0.25) is 9.78 Å². The van der Waals surface area contributed by atoms with E-state index in [4.69, 9.17) is 4.52 Å². The molecule has 0 unspecified atom stereocenters. The zero-order chi connectivity index (χ0) is 12.1. The Labute approximate surface area is 98.9 Å². The van der Waals surface area contributed by atoms with E-state index in [1.54, 1.807) is 12.3 Å². The molecule has 0 aliphatic heterocycles. The summed E-state index contributed by atoms with van der Waals surface area (Å²) in [6.07, 6.45) is 3.24. The highest BCUT2D eigenvalue weighted by Crippen LogP contribution is 2.12. The highest BCUT2D eigenvalue weighted by molar-refractivity contribution is 5.79. The van der Waals surface area contributed by atoms with Crippen molar-refractivity contribution in [3.63, 3.8) is 0 Å². The van der Waals surface area contributed by atoms with E-state index in [-0.39, 0.29) is 12.2 Å². The Morgan fingerprint density at radius 1 is 1.41 bits per heavy atom. The summed E-state index contributed by atoms with van der Waals surface area (Å²) in [5, 5.41) is 3.80. The van der Waals surface area contributed by atoms with Gasteiger partial charge in [0.05, 0.1) is 6.42 Å². The number of aromatic nitrogens is 3. The molecule has 0 spiro atoms. The quantitative estimate of drug-likeness (QED) is 0.787. The van der Waals surface area contributed by atoms with E-state index < -0.39 is 0 Å². The molecule has 0 amide bonds. The molecule has 2 aromatic rings. The molecule has 0 fully saturated rings. The van der Waals surface area contributed by atoms with Gasteiger partial charge in [0.2, 0.25) is 11.7 Å². The van der Waals surface area contributed by atoms with Crippen LogP contribution in [0.5, 0.6) is 0 Å². The second-order valence-electron chi connectivity index (χ2n) is 3.69. The van der Waals surface area contributed by atoms with Crippen molar-refractivity contribution in [1.29, 1.82) is 0 Å². The Morgan fingerprint density at radius 2 is 2.29 bits per heavy atom. The van der Waals surface area contributed by atoms with Crippen molar-refractivity contribution in [2.75, 3.05) is 0 Å². The monoisotopic (exact) mass is 231 g/mol. The van der Waals surface area contributed by atoms with Crippen LogP contribution in [0.15, 0.2) is 28.9 Å². The van der Waals surface area contributed by atoms with Crippen molar-refractivity contribution in [3.05, 3.63) is 30.3 Å². The first-order valence-electron chi connectivity index (χ1n) is 5.55. The number of hydrogen-bond donors (Lipinski definition) is 0. The number of hydrogen-bond acceptors (Lipinski definition) is 5. The molecule has 0 radical (unpaired) electrons. The van der Waals surface area contributed by atoms with Gasteiger partial charge in [-0.2, -0.15) is 4.98 Å². The summed E-state index contributed by atoms with van der Waals surface area (Å²) in [5.41, 5.74) is 0.644. The Balaban J connectivity index is 2.09. The summed E-state index contributed by atoms with van der Waals surface area (Å²) in [4.78, 5) is 19.7. The highest BCUT2D eigenvalue weighted by atomic mass is 16.5.